The van der Waals surface area contributed by atoms with E-state index in [9.17, 15) is 18.3 Å². The highest BCUT2D eigenvalue weighted by Gasteiger charge is 2.38. The topological polar surface area (TPSA) is 140 Å². The first kappa shape index (κ1) is 26.9. The average molecular weight is 508 g/mol. The number of aliphatic carboxylic acids is 1. The lowest BCUT2D eigenvalue weighted by atomic mass is 10.0. The second-order valence-corrected chi connectivity index (χ2v) is 9.34. The van der Waals surface area contributed by atoms with Gasteiger partial charge in [-0.05, 0) is 51.3 Å². The highest BCUT2D eigenvalue weighted by molar-refractivity contribution is 5.73. The molecular formula is C23H28F3N7O3. The van der Waals surface area contributed by atoms with Crippen LogP contribution in [-0.2, 0) is 4.79 Å². The molecule has 194 valence electrons. The molecule has 3 heterocycles. The van der Waals surface area contributed by atoms with Crippen LogP contribution < -0.4 is 10.2 Å². The molecule has 1 aromatic carbocycles. The van der Waals surface area contributed by atoms with Gasteiger partial charge in [0.15, 0.2) is 0 Å². The summed E-state index contributed by atoms with van der Waals surface area (Å²) in [5.74, 6) is -1.99. The molecule has 0 spiro atoms. The molecule has 0 aliphatic carbocycles. The van der Waals surface area contributed by atoms with Gasteiger partial charge in [-0.15, -0.1) is 10.2 Å². The van der Waals surface area contributed by atoms with Gasteiger partial charge in [0.25, 0.3) is 0 Å². The fourth-order valence-electron chi connectivity index (χ4n) is 3.76. The molecule has 1 fully saturated rings. The Labute approximate surface area is 205 Å². The molecule has 2 aromatic heterocycles. The zero-order valence-corrected chi connectivity index (χ0v) is 20.0. The number of phenolic OH excluding ortho intramolecular Hbond substituents is 1. The van der Waals surface area contributed by atoms with E-state index < -0.39 is 12.1 Å². The fraction of sp³-hybridized carbons (Fsp3) is 0.435. The molecule has 13 heteroatoms. The molecule has 4 rings (SSSR count). The van der Waals surface area contributed by atoms with Gasteiger partial charge in [0.05, 0.1) is 12.4 Å². The van der Waals surface area contributed by atoms with Crippen molar-refractivity contribution in [2.45, 2.75) is 51.4 Å². The third kappa shape index (κ3) is 7.38. The lowest BCUT2D eigenvalue weighted by molar-refractivity contribution is -0.192. The third-order valence-corrected chi connectivity index (χ3v) is 5.24. The van der Waals surface area contributed by atoms with Gasteiger partial charge in [-0.25, -0.2) is 9.78 Å². The van der Waals surface area contributed by atoms with E-state index in [1.165, 1.54) is 0 Å². The van der Waals surface area contributed by atoms with Crippen LogP contribution in [0.4, 0.5) is 19.1 Å². The molecule has 1 unspecified atom stereocenters. The van der Waals surface area contributed by atoms with Crippen LogP contribution in [0, 0.1) is 0 Å². The minimum Gasteiger partial charge on any atom is -0.507 e. The number of alkyl halides is 3. The lowest BCUT2D eigenvalue weighted by Gasteiger charge is -2.36. The molecule has 10 nitrogen and oxygen atoms in total. The van der Waals surface area contributed by atoms with Gasteiger partial charge >= 0.3 is 12.1 Å². The number of piperidine rings is 1. The minimum atomic E-state index is -5.08. The summed E-state index contributed by atoms with van der Waals surface area (Å²) in [5.41, 5.74) is 3.02. The van der Waals surface area contributed by atoms with Crippen molar-refractivity contribution in [3.8, 4) is 28.1 Å². The molecule has 0 bridgehead atoms. The number of rotatable bonds is 4. The van der Waals surface area contributed by atoms with Crippen LogP contribution in [0.15, 0.2) is 36.8 Å². The van der Waals surface area contributed by atoms with Gasteiger partial charge in [-0.1, -0.05) is 6.07 Å². The van der Waals surface area contributed by atoms with Crippen molar-refractivity contribution in [1.29, 1.82) is 0 Å². The molecule has 1 atom stereocenters. The number of anilines is 1. The van der Waals surface area contributed by atoms with Crippen LogP contribution in [-0.4, -0.2) is 72.4 Å². The number of hydrogen-bond donors (Lipinski definition) is 4. The van der Waals surface area contributed by atoms with E-state index in [1.807, 2.05) is 12.1 Å². The van der Waals surface area contributed by atoms with Gasteiger partial charge in [0, 0.05) is 42.0 Å². The summed E-state index contributed by atoms with van der Waals surface area (Å²) in [5, 5.41) is 36.6. The smallest absolute Gasteiger partial charge is 0.490 e. The van der Waals surface area contributed by atoms with Gasteiger partial charge < -0.3 is 20.4 Å². The van der Waals surface area contributed by atoms with Crippen LogP contribution >= 0.6 is 0 Å². The van der Waals surface area contributed by atoms with Crippen molar-refractivity contribution in [2.75, 3.05) is 18.0 Å². The van der Waals surface area contributed by atoms with Crippen molar-refractivity contribution in [3.63, 3.8) is 0 Å². The summed E-state index contributed by atoms with van der Waals surface area (Å²) in [6, 6.07) is 5.85. The molecule has 1 saturated heterocycles. The number of phenols is 1. The van der Waals surface area contributed by atoms with Crippen molar-refractivity contribution in [2.24, 2.45) is 0 Å². The fourth-order valence-corrected chi connectivity index (χ4v) is 3.76. The zero-order valence-electron chi connectivity index (χ0n) is 20.0. The average Bonchev–Trinajstić information content (AvgIpc) is 3.33. The predicted octanol–water partition coefficient (Wildman–Crippen LogP) is 3.62. The summed E-state index contributed by atoms with van der Waals surface area (Å²) >= 11 is 0. The number of carbonyl (C=O) groups is 1. The first-order valence-corrected chi connectivity index (χ1v) is 11.2. The number of H-pyrrole nitrogens is 1. The summed E-state index contributed by atoms with van der Waals surface area (Å²) in [6.07, 6.45) is 2.33. The number of aromatic hydroxyl groups is 1. The first-order chi connectivity index (χ1) is 16.8. The molecule has 36 heavy (non-hydrogen) atoms. The van der Waals surface area contributed by atoms with E-state index in [4.69, 9.17) is 9.90 Å². The standard InChI is InChI=1S/C21H27N7O.C2HF3O2/c1-21(2,3)25-16-5-4-8-28(13-16)20-22-12-18(26-27-20)17-7-6-14(9-19(17)29)15-10-23-24-11-15;3-2(4,5)1(6)7/h6-7,9-12,16,25,29H,4-5,8,13H2,1-3H3,(H,23,24);(H,6,7). The second kappa shape index (κ2) is 10.9. The van der Waals surface area contributed by atoms with Crippen molar-refractivity contribution in [3.05, 3.63) is 36.8 Å². The van der Waals surface area contributed by atoms with E-state index in [0.717, 1.165) is 37.1 Å². The van der Waals surface area contributed by atoms with Crippen LogP contribution in [0.1, 0.15) is 33.6 Å². The number of carboxylic acid groups (broad SMARTS) is 1. The number of nitrogens with zero attached hydrogens (tertiary/aromatic N) is 5. The number of aromatic nitrogens is 5. The maximum atomic E-state index is 10.6. The van der Waals surface area contributed by atoms with E-state index >= 15 is 0 Å². The molecule has 3 aromatic rings. The minimum absolute atomic E-state index is 0.0801. The number of nitrogens with one attached hydrogen (secondary N) is 2. The molecule has 0 saturated carbocycles. The van der Waals surface area contributed by atoms with E-state index in [-0.39, 0.29) is 11.3 Å². The predicted molar refractivity (Wildman–Crippen MR) is 126 cm³/mol. The molecule has 1 aliphatic heterocycles. The van der Waals surface area contributed by atoms with Crippen molar-refractivity contribution < 1.29 is 28.2 Å². The number of hydrogen-bond acceptors (Lipinski definition) is 8. The summed E-state index contributed by atoms with van der Waals surface area (Å²) in [6.45, 7) is 8.34. The highest BCUT2D eigenvalue weighted by atomic mass is 19.4. The van der Waals surface area contributed by atoms with Gasteiger partial charge in [0.2, 0.25) is 5.95 Å². The molecular weight excluding hydrogens is 479 g/mol. The van der Waals surface area contributed by atoms with Crippen LogP contribution in [0.3, 0.4) is 0 Å². The monoisotopic (exact) mass is 507 g/mol. The number of aromatic amines is 1. The summed E-state index contributed by atoms with van der Waals surface area (Å²) in [7, 11) is 0. The third-order valence-electron chi connectivity index (χ3n) is 5.24. The Hall–Kier alpha value is -3.74. The maximum absolute atomic E-state index is 10.6. The number of benzene rings is 1. The molecule has 1 aliphatic rings. The summed E-state index contributed by atoms with van der Waals surface area (Å²) in [4.78, 5) is 15.6. The Kier molecular flexibility index (Phi) is 8.13. The Balaban J connectivity index is 0.000000454. The lowest BCUT2D eigenvalue weighted by Crippen LogP contribution is -2.52. The molecule has 0 radical (unpaired) electrons. The van der Waals surface area contributed by atoms with Gasteiger partial charge in [-0.3, -0.25) is 5.10 Å². The van der Waals surface area contributed by atoms with E-state index in [2.05, 4.69) is 56.4 Å². The van der Waals surface area contributed by atoms with Crippen LogP contribution in [0.25, 0.3) is 22.4 Å². The zero-order chi connectivity index (χ0) is 26.5. The Morgan fingerprint density at radius 1 is 1.17 bits per heavy atom. The van der Waals surface area contributed by atoms with E-state index in [1.54, 1.807) is 24.7 Å². The molecule has 0 amide bonds. The SMILES string of the molecule is CC(C)(C)NC1CCCN(c2ncc(-c3ccc(-c4cn[nH]c4)cc3O)nn2)C1.O=C(O)C(F)(F)F. The Bertz CT molecular complexity index is 1150. The Morgan fingerprint density at radius 2 is 1.89 bits per heavy atom. The largest absolute Gasteiger partial charge is 0.507 e. The van der Waals surface area contributed by atoms with Crippen LogP contribution in [0.5, 0.6) is 5.75 Å². The van der Waals surface area contributed by atoms with E-state index in [0.29, 0.717) is 23.2 Å². The first-order valence-electron chi connectivity index (χ1n) is 11.2. The van der Waals surface area contributed by atoms with Gasteiger partial charge in [0.1, 0.15) is 11.4 Å². The van der Waals surface area contributed by atoms with Crippen molar-refractivity contribution >= 4 is 11.9 Å². The Morgan fingerprint density at radius 3 is 2.42 bits per heavy atom. The van der Waals surface area contributed by atoms with Crippen molar-refractivity contribution in [1.82, 2.24) is 30.7 Å². The number of carboxylic acids is 1. The van der Waals surface area contributed by atoms with Gasteiger partial charge in [-0.2, -0.15) is 18.3 Å². The maximum Gasteiger partial charge on any atom is 0.490 e. The number of halogens is 3. The second-order valence-electron chi connectivity index (χ2n) is 9.34. The molecule has 4 N–H and O–H groups in total. The highest BCUT2D eigenvalue weighted by Crippen LogP contribution is 2.32. The quantitative estimate of drug-likeness (QED) is 0.417. The van der Waals surface area contributed by atoms with Crippen LogP contribution in [0.2, 0.25) is 0 Å². The summed E-state index contributed by atoms with van der Waals surface area (Å²) < 4.78 is 31.7. The normalized spacial score (nSPS) is 16.3.